The number of hydrogen-bond donors (Lipinski definition) is 2. The van der Waals surface area contributed by atoms with Gasteiger partial charge in [0.05, 0.1) is 18.4 Å². The van der Waals surface area contributed by atoms with Gasteiger partial charge < -0.3 is 15.3 Å². The van der Waals surface area contributed by atoms with E-state index in [0.29, 0.717) is 24.1 Å². The van der Waals surface area contributed by atoms with Crippen LogP contribution in [0.1, 0.15) is 12.5 Å². The highest BCUT2D eigenvalue weighted by Crippen LogP contribution is 2.18. The molecule has 1 unspecified atom stereocenters. The molecule has 2 aromatic rings. The average Bonchev–Trinajstić information content (AvgIpc) is 3.16. The number of aliphatic hydroxyl groups excluding tert-OH is 1. The zero-order valence-electron chi connectivity index (χ0n) is 15.3. The minimum absolute atomic E-state index is 0.0141. The minimum atomic E-state index is -3.50. The van der Waals surface area contributed by atoms with Crippen molar-refractivity contribution in [3.8, 4) is 0 Å². The number of sulfone groups is 1. The van der Waals surface area contributed by atoms with Gasteiger partial charge in [0.2, 0.25) is 0 Å². The third kappa shape index (κ3) is 6.49. The van der Waals surface area contributed by atoms with Crippen LogP contribution >= 0.6 is 22.9 Å². The van der Waals surface area contributed by atoms with Gasteiger partial charge in [-0.3, -0.25) is 4.99 Å². The summed E-state index contributed by atoms with van der Waals surface area (Å²) >= 11 is 7.35. The van der Waals surface area contributed by atoms with E-state index in [1.54, 1.807) is 11.4 Å². The van der Waals surface area contributed by atoms with Gasteiger partial charge in [-0.2, -0.15) is 0 Å². The second kappa shape index (κ2) is 10.1. The van der Waals surface area contributed by atoms with E-state index in [9.17, 15) is 13.5 Å². The minimum Gasteiger partial charge on any atom is -0.390 e. The number of aliphatic hydroxyl groups is 1. The van der Waals surface area contributed by atoms with Gasteiger partial charge in [0.15, 0.2) is 15.8 Å². The molecule has 0 aliphatic rings. The molecule has 27 heavy (non-hydrogen) atoms. The Morgan fingerprint density at radius 2 is 2.07 bits per heavy atom. The lowest BCUT2D eigenvalue weighted by molar-refractivity contribution is 0.205. The number of halogens is 1. The first kappa shape index (κ1) is 21.7. The van der Waals surface area contributed by atoms with Crippen LogP contribution in [-0.4, -0.2) is 56.4 Å². The van der Waals surface area contributed by atoms with Crippen LogP contribution in [0.2, 0.25) is 5.02 Å². The molecule has 1 atom stereocenters. The van der Waals surface area contributed by atoms with Gasteiger partial charge in [-0.15, -0.1) is 11.3 Å². The second-order valence-corrected chi connectivity index (χ2v) is 9.63. The molecule has 9 heteroatoms. The molecule has 1 aromatic carbocycles. The van der Waals surface area contributed by atoms with E-state index >= 15 is 0 Å². The van der Waals surface area contributed by atoms with Crippen LogP contribution in [0.25, 0.3) is 0 Å². The molecule has 2 N–H and O–H groups in total. The molecule has 0 radical (unpaired) electrons. The highest BCUT2D eigenvalue weighted by Gasteiger charge is 2.21. The Bertz CT molecular complexity index is 854. The molecule has 0 spiro atoms. The summed E-state index contributed by atoms with van der Waals surface area (Å²) in [5.41, 5.74) is 0.952. The summed E-state index contributed by atoms with van der Waals surface area (Å²) in [7, 11) is -1.64. The van der Waals surface area contributed by atoms with Gasteiger partial charge >= 0.3 is 0 Å². The van der Waals surface area contributed by atoms with Crippen molar-refractivity contribution in [3.05, 3.63) is 52.4 Å². The Kier molecular flexibility index (Phi) is 8.09. The maximum atomic E-state index is 12.2. The monoisotopic (exact) mass is 429 g/mol. The van der Waals surface area contributed by atoms with Gasteiger partial charge in [0.1, 0.15) is 4.21 Å². The largest absolute Gasteiger partial charge is 0.390 e. The quantitative estimate of drug-likeness (QED) is 0.498. The van der Waals surface area contributed by atoms with E-state index in [1.165, 1.54) is 6.07 Å². The van der Waals surface area contributed by atoms with Crippen LogP contribution in [0.3, 0.4) is 0 Å². The Hall–Kier alpha value is -1.61. The fourth-order valence-corrected chi connectivity index (χ4v) is 5.11. The lowest BCUT2D eigenvalue weighted by atomic mass is 10.2. The molecule has 0 aliphatic heterocycles. The molecular formula is C18H24ClN3O3S2. The maximum Gasteiger partial charge on any atom is 0.194 e. The smallest absolute Gasteiger partial charge is 0.194 e. The molecule has 0 aliphatic carbocycles. The van der Waals surface area contributed by atoms with Gasteiger partial charge in [-0.05, 0) is 30.0 Å². The molecule has 1 aromatic heterocycles. The van der Waals surface area contributed by atoms with E-state index in [4.69, 9.17) is 11.6 Å². The summed E-state index contributed by atoms with van der Waals surface area (Å²) in [4.78, 5) is 6.26. The van der Waals surface area contributed by atoms with E-state index in [-0.39, 0.29) is 16.5 Å². The molecule has 1 heterocycles. The Morgan fingerprint density at radius 3 is 2.70 bits per heavy atom. The lowest BCUT2D eigenvalue weighted by Gasteiger charge is -2.23. The number of rotatable bonds is 8. The zero-order chi connectivity index (χ0) is 19.9. The highest BCUT2D eigenvalue weighted by molar-refractivity contribution is 7.93. The lowest BCUT2D eigenvalue weighted by Crippen LogP contribution is -2.39. The van der Waals surface area contributed by atoms with Crippen molar-refractivity contribution >= 4 is 38.7 Å². The summed E-state index contributed by atoms with van der Waals surface area (Å²) in [6.45, 7) is 3.11. The molecular weight excluding hydrogens is 406 g/mol. The third-order valence-electron chi connectivity index (χ3n) is 3.73. The first-order chi connectivity index (χ1) is 12.8. The summed E-state index contributed by atoms with van der Waals surface area (Å²) in [6.07, 6.45) is -1.08. The van der Waals surface area contributed by atoms with Gasteiger partial charge in [0.25, 0.3) is 0 Å². The average molecular weight is 430 g/mol. The fourth-order valence-electron chi connectivity index (χ4n) is 2.45. The summed E-state index contributed by atoms with van der Waals surface area (Å²) in [5, 5.41) is 15.7. The summed E-state index contributed by atoms with van der Waals surface area (Å²) in [5.74, 6) is 0.218. The second-order valence-electron chi connectivity index (χ2n) is 6.01. The number of aliphatic imine (C=N–C) groups is 1. The van der Waals surface area contributed by atoms with Crippen molar-refractivity contribution in [2.45, 2.75) is 23.8 Å². The van der Waals surface area contributed by atoms with Crippen LogP contribution < -0.4 is 5.32 Å². The number of hydrogen-bond acceptors (Lipinski definition) is 5. The molecule has 2 rings (SSSR count). The molecule has 6 nitrogen and oxygen atoms in total. The normalized spacial score (nSPS) is 13.4. The van der Waals surface area contributed by atoms with Crippen molar-refractivity contribution in [1.29, 1.82) is 0 Å². The SMILES string of the molecule is CCNC(=NCC(O)CS(=O)(=O)c1cccs1)N(C)Cc1ccccc1Cl. The number of nitrogens with zero attached hydrogens (tertiary/aromatic N) is 2. The van der Waals surface area contributed by atoms with Gasteiger partial charge in [0, 0.05) is 25.2 Å². The van der Waals surface area contributed by atoms with Crippen molar-refractivity contribution in [3.63, 3.8) is 0 Å². The van der Waals surface area contributed by atoms with Crippen LogP contribution in [0.15, 0.2) is 51.0 Å². The van der Waals surface area contributed by atoms with Crippen molar-refractivity contribution in [2.24, 2.45) is 4.99 Å². The van der Waals surface area contributed by atoms with Crippen molar-refractivity contribution in [1.82, 2.24) is 10.2 Å². The van der Waals surface area contributed by atoms with Crippen molar-refractivity contribution in [2.75, 3.05) is 25.9 Å². The molecule has 148 valence electrons. The molecule has 0 bridgehead atoms. The maximum absolute atomic E-state index is 12.2. The summed E-state index contributed by atoms with van der Waals surface area (Å²) in [6, 6.07) is 10.8. The van der Waals surface area contributed by atoms with Crippen molar-refractivity contribution < 1.29 is 13.5 Å². The first-order valence-electron chi connectivity index (χ1n) is 8.50. The number of thiophene rings is 1. The highest BCUT2D eigenvalue weighted by atomic mass is 35.5. The predicted octanol–water partition coefficient (Wildman–Crippen LogP) is 2.63. The Balaban J connectivity index is 2.02. The van der Waals surface area contributed by atoms with E-state index in [0.717, 1.165) is 16.9 Å². The molecule has 0 amide bonds. The summed E-state index contributed by atoms with van der Waals surface area (Å²) < 4.78 is 24.8. The standard InChI is InChI=1S/C18H24ClN3O3S2/c1-3-20-18(22(2)12-14-7-4-5-8-16(14)19)21-11-15(23)13-27(24,25)17-9-6-10-26-17/h4-10,15,23H,3,11-13H2,1-2H3,(H,20,21). The Morgan fingerprint density at radius 1 is 1.33 bits per heavy atom. The number of nitrogens with one attached hydrogen (secondary N) is 1. The topological polar surface area (TPSA) is 82.0 Å². The Labute approximate surface area is 169 Å². The molecule has 0 saturated carbocycles. The molecule has 0 saturated heterocycles. The van der Waals surface area contributed by atoms with Crippen LogP contribution in [0, 0.1) is 0 Å². The van der Waals surface area contributed by atoms with E-state index < -0.39 is 15.9 Å². The van der Waals surface area contributed by atoms with Gasteiger partial charge in [-0.25, -0.2) is 8.42 Å². The first-order valence-corrected chi connectivity index (χ1v) is 11.4. The fraction of sp³-hybridized carbons (Fsp3) is 0.389. The zero-order valence-corrected chi connectivity index (χ0v) is 17.7. The molecule has 0 fully saturated rings. The van der Waals surface area contributed by atoms with E-state index in [1.807, 2.05) is 43.1 Å². The van der Waals surface area contributed by atoms with Gasteiger partial charge in [-0.1, -0.05) is 35.9 Å². The van der Waals surface area contributed by atoms with Crippen LogP contribution in [0.5, 0.6) is 0 Å². The van der Waals surface area contributed by atoms with Crippen LogP contribution in [0.4, 0.5) is 0 Å². The van der Waals surface area contributed by atoms with Crippen LogP contribution in [-0.2, 0) is 16.4 Å². The van der Waals surface area contributed by atoms with E-state index in [2.05, 4.69) is 10.3 Å². The number of guanidine groups is 1. The number of benzene rings is 1. The predicted molar refractivity (Wildman–Crippen MR) is 111 cm³/mol. The third-order valence-corrected chi connectivity index (χ3v) is 7.38.